The third kappa shape index (κ3) is 3.49. The molecule has 5 nitrogen and oxygen atoms in total. The lowest BCUT2D eigenvalue weighted by Gasteiger charge is -2.27. The van der Waals surface area contributed by atoms with Crippen LogP contribution in [0.4, 0.5) is 0 Å². The van der Waals surface area contributed by atoms with Gasteiger partial charge in [-0.05, 0) is 12.0 Å². The molecule has 1 aromatic heterocycles. The number of fused-ring (bicyclic) bond motifs is 1. The van der Waals surface area contributed by atoms with Gasteiger partial charge in [-0.3, -0.25) is 4.90 Å². The van der Waals surface area contributed by atoms with E-state index in [1.165, 1.54) is 11.8 Å². The molecule has 0 bridgehead atoms. The first-order valence-corrected chi connectivity index (χ1v) is 8.27. The highest BCUT2D eigenvalue weighted by molar-refractivity contribution is 7.90. The van der Waals surface area contributed by atoms with Crippen molar-refractivity contribution in [1.82, 2.24) is 14.9 Å². The van der Waals surface area contributed by atoms with Gasteiger partial charge in [0, 0.05) is 38.5 Å². The Hall–Kier alpha value is -1.01. The Kier molecular flexibility index (Phi) is 3.97. The van der Waals surface area contributed by atoms with E-state index in [2.05, 4.69) is 14.9 Å². The zero-order chi connectivity index (χ0) is 13.2. The van der Waals surface area contributed by atoms with Crippen LogP contribution in [0.3, 0.4) is 0 Å². The highest BCUT2D eigenvalue weighted by Crippen LogP contribution is 2.16. The monoisotopic (exact) mass is 269 g/mol. The van der Waals surface area contributed by atoms with Gasteiger partial charge in [0.05, 0.1) is 11.4 Å². The topological polar surface area (TPSA) is 63.2 Å². The first-order chi connectivity index (χ1) is 8.48. The average molecular weight is 269 g/mol. The van der Waals surface area contributed by atoms with Gasteiger partial charge in [-0.15, -0.1) is 0 Å². The number of rotatable bonds is 4. The van der Waals surface area contributed by atoms with Gasteiger partial charge in [0.15, 0.2) is 0 Å². The molecule has 2 rings (SSSR count). The van der Waals surface area contributed by atoms with Gasteiger partial charge in [0.25, 0.3) is 0 Å². The minimum absolute atomic E-state index is 0.216. The third-order valence-electron chi connectivity index (χ3n) is 3.17. The quantitative estimate of drug-likeness (QED) is 0.794. The van der Waals surface area contributed by atoms with E-state index in [9.17, 15) is 8.42 Å². The van der Waals surface area contributed by atoms with Gasteiger partial charge >= 0.3 is 0 Å². The van der Waals surface area contributed by atoms with E-state index < -0.39 is 9.84 Å². The smallest absolute Gasteiger partial charge is 0.148 e. The third-order valence-corrected chi connectivity index (χ3v) is 4.09. The lowest BCUT2D eigenvalue weighted by molar-refractivity contribution is 0.263. The van der Waals surface area contributed by atoms with Crippen LogP contribution in [0.25, 0.3) is 0 Å². The van der Waals surface area contributed by atoms with E-state index in [0.29, 0.717) is 6.54 Å². The normalized spacial score (nSPS) is 16.6. The fourth-order valence-electron chi connectivity index (χ4n) is 2.05. The van der Waals surface area contributed by atoms with E-state index >= 15 is 0 Å². The van der Waals surface area contributed by atoms with Gasteiger partial charge in [-0.25, -0.2) is 18.4 Å². The summed E-state index contributed by atoms with van der Waals surface area (Å²) in [4.78, 5) is 11.0. The molecule has 2 heterocycles. The molecule has 0 N–H and O–H groups in total. The summed E-state index contributed by atoms with van der Waals surface area (Å²) in [7, 11) is -2.89. The fraction of sp³-hybridized carbons (Fsp3) is 0.667. The van der Waals surface area contributed by atoms with Crippen LogP contribution in [0.1, 0.15) is 24.0 Å². The molecule has 100 valence electrons. The molecule has 18 heavy (non-hydrogen) atoms. The molecule has 1 aliphatic heterocycles. The van der Waals surface area contributed by atoms with Gasteiger partial charge < -0.3 is 0 Å². The number of aromatic nitrogens is 2. The number of aryl methyl sites for hydroxylation is 1. The zero-order valence-corrected chi connectivity index (χ0v) is 11.7. The Morgan fingerprint density at radius 2 is 2.22 bits per heavy atom. The Morgan fingerprint density at radius 1 is 1.44 bits per heavy atom. The zero-order valence-electron chi connectivity index (χ0n) is 10.9. The maximum absolute atomic E-state index is 11.2. The SMILES string of the molecule is CCc1ncc2c(n1)CN(CCS(C)(=O)=O)CC2. The highest BCUT2D eigenvalue weighted by atomic mass is 32.2. The van der Waals surface area contributed by atoms with E-state index in [-0.39, 0.29) is 5.75 Å². The molecule has 6 heteroatoms. The summed E-state index contributed by atoms with van der Waals surface area (Å²) in [6.45, 7) is 4.24. The highest BCUT2D eigenvalue weighted by Gasteiger charge is 2.19. The summed E-state index contributed by atoms with van der Waals surface area (Å²) < 4.78 is 22.3. The van der Waals surface area contributed by atoms with Crippen LogP contribution in [-0.2, 0) is 29.2 Å². The van der Waals surface area contributed by atoms with Crippen molar-refractivity contribution in [3.63, 3.8) is 0 Å². The van der Waals surface area contributed by atoms with E-state index in [0.717, 1.165) is 37.4 Å². The molecular weight excluding hydrogens is 250 g/mol. The average Bonchev–Trinajstić information content (AvgIpc) is 2.34. The lowest BCUT2D eigenvalue weighted by atomic mass is 10.1. The number of sulfone groups is 1. The summed E-state index contributed by atoms with van der Waals surface area (Å²) in [5, 5.41) is 0. The second kappa shape index (κ2) is 5.32. The van der Waals surface area contributed by atoms with E-state index in [4.69, 9.17) is 0 Å². The molecule has 0 fully saturated rings. The maximum atomic E-state index is 11.2. The second-order valence-corrected chi connectivity index (χ2v) is 7.03. The maximum Gasteiger partial charge on any atom is 0.148 e. The largest absolute Gasteiger partial charge is 0.296 e. The Bertz CT molecular complexity index is 528. The molecule has 0 saturated heterocycles. The number of hydrogen-bond acceptors (Lipinski definition) is 5. The molecule has 0 unspecified atom stereocenters. The van der Waals surface area contributed by atoms with Crippen LogP contribution in [0.2, 0.25) is 0 Å². The summed E-state index contributed by atoms with van der Waals surface area (Å²) in [6.07, 6.45) is 4.93. The fourth-order valence-corrected chi connectivity index (χ4v) is 2.64. The second-order valence-electron chi connectivity index (χ2n) is 4.77. The van der Waals surface area contributed by atoms with Crippen LogP contribution in [0.15, 0.2) is 6.20 Å². The summed E-state index contributed by atoms with van der Waals surface area (Å²) in [5.74, 6) is 1.08. The van der Waals surface area contributed by atoms with Gasteiger partial charge in [-0.1, -0.05) is 6.92 Å². The predicted octanol–water partition coefficient (Wildman–Crippen LogP) is 0.442. The molecule has 1 aliphatic rings. The van der Waals surface area contributed by atoms with E-state index in [1.807, 2.05) is 13.1 Å². The molecule has 0 spiro atoms. The molecule has 0 saturated carbocycles. The van der Waals surface area contributed by atoms with Gasteiger partial charge in [0.2, 0.25) is 0 Å². The van der Waals surface area contributed by atoms with Crippen molar-refractivity contribution in [3.05, 3.63) is 23.3 Å². The van der Waals surface area contributed by atoms with Crippen molar-refractivity contribution in [2.75, 3.05) is 25.1 Å². The molecular formula is C12H19N3O2S. The first-order valence-electron chi connectivity index (χ1n) is 6.21. The van der Waals surface area contributed by atoms with E-state index in [1.54, 1.807) is 0 Å². The van der Waals surface area contributed by atoms with Crippen LogP contribution >= 0.6 is 0 Å². The predicted molar refractivity (Wildman–Crippen MR) is 70.1 cm³/mol. The summed E-state index contributed by atoms with van der Waals surface area (Å²) >= 11 is 0. The standard InChI is InChI=1S/C12H19N3O2S/c1-3-12-13-8-10-4-5-15(9-11(10)14-12)6-7-18(2,16)17/h8H,3-7,9H2,1-2H3. The van der Waals surface area contributed by atoms with Crippen molar-refractivity contribution < 1.29 is 8.42 Å². The van der Waals surface area contributed by atoms with Crippen LogP contribution in [0.5, 0.6) is 0 Å². The molecule has 0 aromatic carbocycles. The first kappa shape index (κ1) is 13.4. The molecule has 0 aliphatic carbocycles. The van der Waals surface area contributed by atoms with Gasteiger partial charge in [0.1, 0.15) is 15.7 Å². The minimum atomic E-state index is -2.89. The van der Waals surface area contributed by atoms with Crippen LogP contribution < -0.4 is 0 Å². The van der Waals surface area contributed by atoms with Crippen LogP contribution in [-0.4, -0.2) is 48.4 Å². The molecule has 1 aromatic rings. The molecule has 0 radical (unpaired) electrons. The summed E-state index contributed by atoms with van der Waals surface area (Å²) in [5.41, 5.74) is 2.25. The van der Waals surface area contributed by atoms with Crippen molar-refractivity contribution in [1.29, 1.82) is 0 Å². The number of hydrogen-bond donors (Lipinski definition) is 0. The van der Waals surface area contributed by atoms with Gasteiger partial charge in [-0.2, -0.15) is 0 Å². The minimum Gasteiger partial charge on any atom is -0.296 e. The van der Waals surface area contributed by atoms with Crippen molar-refractivity contribution in [2.45, 2.75) is 26.3 Å². The van der Waals surface area contributed by atoms with Crippen molar-refractivity contribution in [2.24, 2.45) is 0 Å². The summed E-state index contributed by atoms with van der Waals surface area (Å²) in [6, 6.07) is 0. The lowest BCUT2D eigenvalue weighted by Crippen LogP contribution is -2.35. The van der Waals surface area contributed by atoms with Crippen LogP contribution in [0, 0.1) is 0 Å². The van der Waals surface area contributed by atoms with Crippen molar-refractivity contribution >= 4 is 9.84 Å². The Labute approximate surface area is 108 Å². The Balaban J connectivity index is 2.04. The van der Waals surface area contributed by atoms with Crippen molar-refractivity contribution in [3.8, 4) is 0 Å². The molecule has 0 amide bonds. The number of nitrogens with zero attached hydrogens (tertiary/aromatic N) is 3. The molecule has 0 atom stereocenters. The Morgan fingerprint density at radius 3 is 2.89 bits per heavy atom.